The first kappa shape index (κ1) is 14.8. The molecule has 0 atom stereocenters. The molecule has 0 amide bonds. The summed E-state index contributed by atoms with van der Waals surface area (Å²) in [7, 11) is 0. The van der Waals surface area contributed by atoms with Crippen molar-refractivity contribution < 1.29 is 9.18 Å². The molecule has 0 bridgehead atoms. The average molecular weight is 316 g/mol. The molecule has 0 N–H and O–H groups in total. The smallest absolute Gasteiger partial charge is 0.164 e. The van der Waals surface area contributed by atoms with Gasteiger partial charge in [0, 0.05) is 39.7 Å². The minimum Gasteiger partial charge on any atom is -0.342 e. The van der Waals surface area contributed by atoms with Crippen LogP contribution in [0.25, 0.3) is 10.9 Å². The van der Waals surface area contributed by atoms with Crippen LogP contribution in [0.4, 0.5) is 4.39 Å². The first-order chi connectivity index (χ1) is 10.6. The number of ketones is 1. The second-order valence-electron chi connectivity index (χ2n) is 5.16. The van der Waals surface area contributed by atoms with Crippen LogP contribution < -0.4 is 0 Å². The molecular formula is C18H15ClFNO. The molecule has 0 radical (unpaired) electrons. The molecule has 4 heteroatoms. The normalized spacial score (nSPS) is 11.0. The number of rotatable bonds is 4. The number of benzene rings is 2. The van der Waals surface area contributed by atoms with Crippen molar-refractivity contribution in [2.45, 2.75) is 19.9 Å². The van der Waals surface area contributed by atoms with E-state index >= 15 is 0 Å². The van der Waals surface area contributed by atoms with Crippen molar-refractivity contribution in [3.05, 3.63) is 70.6 Å². The van der Waals surface area contributed by atoms with E-state index in [0.29, 0.717) is 29.1 Å². The van der Waals surface area contributed by atoms with Gasteiger partial charge in [-0.15, -0.1) is 0 Å². The topological polar surface area (TPSA) is 22.0 Å². The summed E-state index contributed by atoms with van der Waals surface area (Å²) >= 11 is 6.11. The maximum absolute atomic E-state index is 14.0. The molecular weight excluding hydrogens is 301 g/mol. The molecule has 0 aliphatic heterocycles. The van der Waals surface area contributed by atoms with Gasteiger partial charge in [-0.05, 0) is 18.2 Å². The van der Waals surface area contributed by atoms with Gasteiger partial charge in [-0.3, -0.25) is 4.79 Å². The first-order valence-electron chi connectivity index (χ1n) is 7.15. The summed E-state index contributed by atoms with van der Waals surface area (Å²) in [6.07, 6.45) is 2.23. The van der Waals surface area contributed by atoms with Gasteiger partial charge in [0.15, 0.2) is 5.78 Å². The molecule has 0 spiro atoms. The number of hydrogen-bond donors (Lipinski definition) is 0. The number of fused-ring (bicyclic) bond motifs is 1. The van der Waals surface area contributed by atoms with Crippen LogP contribution in [0.15, 0.2) is 48.7 Å². The van der Waals surface area contributed by atoms with E-state index in [0.717, 1.165) is 10.9 Å². The molecule has 3 rings (SSSR count). The number of hydrogen-bond acceptors (Lipinski definition) is 1. The first-order valence-corrected chi connectivity index (χ1v) is 7.53. The predicted molar refractivity (Wildman–Crippen MR) is 87.1 cm³/mol. The van der Waals surface area contributed by atoms with Crippen molar-refractivity contribution in [1.82, 2.24) is 4.57 Å². The molecule has 0 aliphatic rings. The lowest BCUT2D eigenvalue weighted by molar-refractivity contribution is 0.0989. The SMILES string of the molecule is CCC(=O)c1cn(Cc2c(F)cccc2Cl)c2ccccc12. The molecule has 2 nitrogen and oxygen atoms in total. The zero-order valence-corrected chi connectivity index (χ0v) is 12.9. The van der Waals surface area contributed by atoms with Crippen LogP contribution in [-0.2, 0) is 6.54 Å². The Bertz CT molecular complexity index is 833. The highest BCUT2D eigenvalue weighted by Crippen LogP contribution is 2.26. The molecule has 0 saturated heterocycles. The van der Waals surface area contributed by atoms with Gasteiger partial charge < -0.3 is 4.57 Å². The molecule has 0 saturated carbocycles. The third-order valence-electron chi connectivity index (χ3n) is 3.80. The maximum Gasteiger partial charge on any atom is 0.164 e. The lowest BCUT2D eigenvalue weighted by Gasteiger charge is -2.08. The number of aromatic nitrogens is 1. The molecule has 0 aliphatic carbocycles. The summed E-state index contributed by atoms with van der Waals surface area (Å²) in [6.45, 7) is 2.13. The van der Waals surface area contributed by atoms with E-state index in [1.165, 1.54) is 6.07 Å². The van der Waals surface area contributed by atoms with Gasteiger partial charge in [0.2, 0.25) is 0 Å². The summed E-state index contributed by atoms with van der Waals surface area (Å²) in [5, 5.41) is 1.28. The number of nitrogens with zero attached hydrogens (tertiary/aromatic N) is 1. The largest absolute Gasteiger partial charge is 0.342 e. The number of para-hydroxylation sites is 1. The Labute approximate surface area is 133 Å². The molecule has 1 aromatic heterocycles. The van der Waals surface area contributed by atoms with E-state index in [9.17, 15) is 9.18 Å². The molecule has 3 aromatic rings. The summed E-state index contributed by atoms with van der Waals surface area (Å²) in [5.41, 5.74) is 2.00. The number of carbonyl (C=O) groups excluding carboxylic acids is 1. The Morgan fingerprint density at radius 1 is 1.18 bits per heavy atom. The van der Waals surface area contributed by atoms with Gasteiger partial charge >= 0.3 is 0 Å². The second kappa shape index (κ2) is 5.93. The van der Waals surface area contributed by atoms with Gasteiger partial charge in [0.25, 0.3) is 0 Å². The molecule has 22 heavy (non-hydrogen) atoms. The quantitative estimate of drug-likeness (QED) is 0.616. The maximum atomic E-state index is 14.0. The fourth-order valence-corrected chi connectivity index (χ4v) is 2.87. The Balaban J connectivity index is 2.14. The standard InChI is InChI=1S/C18H15ClFNO/c1-2-18(22)13-10-21(17-9-4-3-6-12(13)17)11-14-15(19)7-5-8-16(14)20/h3-10H,2,11H2,1H3. The zero-order valence-electron chi connectivity index (χ0n) is 12.1. The lowest BCUT2D eigenvalue weighted by Crippen LogP contribution is -2.02. The van der Waals surface area contributed by atoms with E-state index in [-0.39, 0.29) is 11.6 Å². The van der Waals surface area contributed by atoms with E-state index in [1.54, 1.807) is 18.3 Å². The third-order valence-corrected chi connectivity index (χ3v) is 4.15. The predicted octanol–water partition coefficient (Wildman–Crippen LogP) is 5.07. The van der Waals surface area contributed by atoms with Crippen molar-refractivity contribution in [3.8, 4) is 0 Å². The van der Waals surface area contributed by atoms with Crippen LogP contribution in [0, 0.1) is 5.82 Å². The highest BCUT2D eigenvalue weighted by atomic mass is 35.5. The van der Waals surface area contributed by atoms with E-state index < -0.39 is 0 Å². The summed E-state index contributed by atoms with van der Waals surface area (Å²) in [6, 6.07) is 12.3. The van der Waals surface area contributed by atoms with Gasteiger partial charge in [-0.1, -0.05) is 42.8 Å². The lowest BCUT2D eigenvalue weighted by atomic mass is 10.1. The number of carbonyl (C=O) groups is 1. The van der Waals surface area contributed by atoms with Crippen molar-refractivity contribution in [3.63, 3.8) is 0 Å². The van der Waals surface area contributed by atoms with Crippen LogP contribution in [-0.4, -0.2) is 10.4 Å². The summed E-state index contributed by atoms with van der Waals surface area (Å²) in [4.78, 5) is 12.1. The minimum atomic E-state index is -0.339. The van der Waals surface area contributed by atoms with Crippen molar-refractivity contribution in [2.75, 3.05) is 0 Å². The fourth-order valence-electron chi connectivity index (χ4n) is 2.64. The average Bonchev–Trinajstić information content (AvgIpc) is 2.89. The van der Waals surface area contributed by atoms with Crippen LogP contribution in [0.3, 0.4) is 0 Å². The zero-order chi connectivity index (χ0) is 15.7. The second-order valence-corrected chi connectivity index (χ2v) is 5.57. The third kappa shape index (κ3) is 2.53. The number of halogens is 2. The van der Waals surface area contributed by atoms with Crippen molar-refractivity contribution in [1.29, 1.82) is 0 Å². The van der Waals surface area contributed by atoms with Crippen LogP contribution in [0.1, 0.15) is 29.3 Å². The Morgan fingerprint density at radius 3 is 2.68 bits per heavy atom. The summed E-state index contributed by atoms with van der Waals surface area (Å²) < 4.78 is 15.9. The Hall–Kier alpha value is -2.13. The molecule has 2 aromatic carbocycles. The molecule has 1 heterocycles. The fraction of sp³-hybridized carbons (Fsp3) is 0.167. The van der Waals surface area contributed by atoms with E-state index in [1.807, 2.05) is 35.8 Å². The van der Waals surface area contributed by atoms with Crippen LogP contribution in [0.5, 0.6) is 0 Å². The molecule has 112 valence electrons. The van der Waals surface area contributed by atoms with Gasteiger partial charge in [-0.2, -0.15) is 0 Å². The number of Topliss-reactive ketones (excluding diaryl/α,β-unsaturated/α-hetero) is 1. The Morgan fingerprint density at radius 2 is 1.95 bits per heavy atom. The Kier molecular flexibility index (Phi) is 3.99. The summed E-state index contributed by atoms with van der Waals surface area (Å²) in [5.74, 6) is -0.261. The minimum absolute atomic E-state index is 0.0783. The molecule has 0 unspecified atom stereocenters. The molecule has 0 fully saturated rings. The monoisotopic (exact) mass is 315 g/mol. The highest BCUT2D eigenvalue weighted by molar-refractivity contribution is 6.31. The van der Waals surface area contributed by atoms with Crippen molar-refractivity contribution in [2.24, 2.45) is 0 Å². The van der Waals surface area contributed by atoms with E-state index in [4.69, 9.17) is 11.6 Å². The van der Waals surface area contributed by atoms with Gasteiger partial charge in [0.05, 0.1) is 6.54 Å². The van der Waals surface area contributed by atoms with Crippen LogP contribution in [0.2, 0.25) is 5.02 Å². The van der Waals surface area contributed by atoms with Crippen LogP contribution >= 0.6 is 11.6 Å². The van der Waals surface area contributed by atoms with Gasteiger partial charge in [-0.25, -0.2) is 4.39 Å². The highest BCUT2D eigenvalue weighted by Gasteiger charge is 2.15. The van der Waals surface area contributed by atoms with Gasteiger partial charge in [0.1, 0.15) is 5.82 Å². The van der Waals surface area contributed by atoms with E-state index in [2.05, 4.69) is 0 Å². The van der Waals surface area contributed by atoms with Crippen molar-refractivity contribution >= 4 is 28.3 Å².